The summed E-state index contributed by atoms with van der Waals surface area (Å²) >= 11 is 24.5. The molecule has 0 heterocycles. The number of hydrogen-bond acceptors (Lipinski definition) is 2. The van der Waals surface area contributed by atoms with E-state index in [0.717, 1.165) is 11.3 Å². The van der Waals surface area contributed by atoms with E-state index in [4.69, 9.17) is 51.1 Å². The fraction of sp³-hybridized carbons (Fsp3) is 0.100. The topological polar surface area (TPSA) is 21.3 Å². The van der Waals surface area contributed by atoms with Crippen LogP contribution in [0.1, 0.15) is 11.1 Å². The Balaban J connectivity index is 1.68. The van der Waals surface area contributed by atoms with Crippen molar-refractivity contribution in [3.05, 3.63) is 91.6 Å². The minimum atomic E-state index is -0.341. The molecule has 3 aromatic rings. The van der Waals surface area contributed by atoms with Crippen LogP contribution >= 0.6 is 46.4 Å². The van der Waals surface area contributed by atoms with E-state index < -0.39 is 0 Å². The highest BCUT2D eigenvalue weighted by atomic mass is 35.5. The SMILES string of the molecule is Fc1ccccc1COc1c(Cl)cc(CNc2ccc(Cl)c(Cl)c2)cc1Cl. The highest BCUT2D eigenvalue weighted by Gasteiger charge is 2.11. The van der Waals surface area contributed by atoms with Crippen LogP contribution in [0.2, 0.25) is 20.1 Å². The molecule has 0 saturated carbocycles. The van der Waals surface area contributed by atoms with Crippen molar-refractivity contribution in [3.8, 4) is 5.75 Å². The van der Waals surface area contributed by atoms with Gasteiger partial charge in [-0.15, -0.1) is 0 Å². The first-order valence-corrected chi connectivity index (χ1v) is 9.48. The Morgan fingerprint density at radius 1 is 0.815 bits per heavy atom. The summed E-state index contributed by atoms with van der Waals surface area (Å²) in [5.41, 5.74) is 2.10. The fourth-order valence-electron chi connectivity index (χ4n) is 2.43. The molecule has 0 saturated heterocycles. The first-order valence-electron chi connectivity index (χ1n) is 7.97. The Hall–Kier alpha value is -1.65. The van der Waals surface area contributed by atoms with Gasteiger partial charge in [0.1, 0.15) is 12.4 Å². The molecule has 140 valence electrons. The monoisotopic (exact) mass is 443 g/mol. The first kappa shape index (κ1) is 20.1. The van der Waals surface area contributed by atoms with E-state index in [1.165, 1.54) is 6.07 Å². The third kappa shape index (κ3) is 5.20. The highest BCUT2D eigenvalue weighted by molar-refractivity contribution is 6.42. The predicted molar refractivity (Wildman–Crippen MR) is 111 cm³/mol. The van der Waals surface area contributed by atoms with Gasteiger partial charge in [-0.3, -0.25) is 0 Å². The van der Waals surface area contributed by atoms with E-state index in [-0.39, 0.29) is 12.4 Å². The van der Waals surface area contributed by atoms with Crippen LogP contribution in [0.5, 0.6) is 5.75 Å². The summed E-state index contributed by atoms with van der Waals surface area (Å²) in [4.78, 5) is 0. The minimum absolute atomic E-state index is 0.0347. The maximum Gasteiger partial charge on any atom is 0.156 e. The average molecular weight is 445 g/mol. The molecule has 0 fully saturated rings. The zero-order valence-corrected chi connectivity index (χ0v) is 16.9. The zero-order chi connectivity index (χ0) is 19.4. The van der Waals surface area contributed by atoms with E-state index in [2.05, 4.69) is 5.32 Å². The van der Waals surface area contributed by atoms with Crippen molar-refractivity contribution >= 4 is 52.1 Å². The summed E-state index contributed by atoms with van der Waals surface area (Å²) in [6.45, 7) is 0.512. The third-order valence-electron chi connectivity index (χ3n) is 3.80. The molecule has 0 spiro atoms. The van der Waals surface area contributed by atoms with E-state index >= 15 is 0 Å². The molecule has 0 atom stereocenters. The molecule has 3 aromatic carbocycles. The lowest BCUT2D eigenvalue weighted by Crippen LogP contribution is -2.02. The Bertz CT molecular complexity index is 941. The molecule has 0 aromatic heterocycles. The first-order chi connectivity index (χ1) is 12.9. The molecule has 0 aliphatic heterocycles. The van der Waals surface area contributed by atoms with Crippen molar-refractivity contribution in [2.45, 2.75) is 13.2 Å². The van der Waals surface area contributed by atoms with Gasteiger partial charge in [0.05, 0.1) is 20.1 Å². The predicted octanol–water partition coefficient (Wildman–Crippen LogP) is 7.63. The van der Waals surface area contributed by atoms with Crippen LogP contribution in [0.3, 0.4) is 0 Å². The van der Waals surface area contributed by atoms with Crippen molar-refractivity contribution in [1.82, 2.24) is 0 Å². The Labute approximate surface area is 176 Å². The Kier molecular flexibility index (Phi) is 6.72. The number of anilines is 1. The van der Waals surface area contributed by atoms with Crippen LogP contribution in [0.15, 0.2) is 54.6 Å². The van der Waals surface area contributed by atoms with E-state index in [9.17, 15) is 4.39 Å². The second-order valence-electron chi connectivity index (χ2n) is 5.75. The number of nitrogens with one attached hydrogen (secondary N) is 1. The van der Waals surface area contributed by atoms with Crippen LogP contribution in [0.25, 0.3) is 0 Å². The van der Waals surface area contributed by atoms with Crippen LogP contribution in [-0.4, -0.2) is 0 Å². The van der Waals surface area contributed by atoms with Gasteiger partial charge in [0.15, 0.2) is 5.75 Å². The molecule has 0 amide bonds. The number of ether oxygens (including phenoxy) is 1. The number of halogens is 5. The smallest absolute Gasteiger partial charge is 0.156 e. The largest absolute Gasteiger partial charge is 0.486 e. The summed E-state index contributed by atoms with van der Waals surface area (Å²) in [7, 11) is 0. The van der Waals surface area contributed by atoms with Crippen LogP contribution in [0.4, 0.5) is 10.1 Å². The van der Waals surface area contributed by atoms with Gasteiger partial charge in [-0.05, 0) is 42.0 Å². The quantitative estimate of drug-likeness (QED) is 0.421. The van der Waals surface area contributed by atoms with Gasteiger partial charge in [0.2, 0.25) is 0 Å². The van der Waals surface area contributed by atoms with Gasteiger partial charge in [0, 0.05) is 17.8 Å². The van der Waals surface area contributed by atoms with E-state index in [1.807, 2.05) is 6.07 Å². The second-order valence-corrected chi connectivity index (χ2v) is 7.38. The number of hydrogen-bond donors (Lipinski definition) is 1. The molecule has 0 radical (unpaired) electrons. The number of rotatable bonds is 6. The van der Waals surface area contributed by atoms with Gasteiger partial charge in [-0.2, -0.15) is 0 Å². The summed E-state index contributed by atoms with van der Waals surface area (Å²) in [6.07, 6.45) is 0. The summed E-state index contributed by atoms with van der Waals surface area (Å²) in [5, 5.41) is 4.88. The summed E-state index contributed by atoms with van der Waals surface area (Å²) < 4.78 is 19.3. The maximum atomic E-state index is 13.7. The van der Waals surface area contributed by atoms with Crippen molar-refractivity contribution in [1.29, 1.82) is 0 Å². The molecular formula is C20H14Cl4FNO. The van der Waals surface area contributed by atoms with Gasteiger partial charge in [-0.25, -0.2) is 4.39 Å². The number of benzene rings is 3. The standard InChI is InChI=1S/C20H14Cl4FNO/c21-15-6-5-14(9-16(15)22)26-10-12-7-17(23)20(18(24)8-12)27-11-13-3-1-2-4-19(13)25/h1-9,26H,10-11H2. The van der Waals surface area contributed by atoms with Crippen molar-refractivity contribution in [3.63, 3.8) is 0 Å². The molecule has 3 rings (SSSR count). The molecule has 2 nitrogen and oxygen atoms in total. The summed E-state index contributed by atoms with van der Waals surface area (Å²) in [6, 6.07) is 15.1. The van der Waals surface area contributed by atoms with Crippen molar-refractivity contribution in [2.75, 3.05) is 5.32 Å². The molecule has 0 aliphatic carbocycles. The second kappa shape index (κ2) is 9.03. The molecule has 1 N–H and O–H groups in total. The Morgan fingerprint density at radius 3 is 2.19 bits per heavy atom. The third-order valence-corrected chi connectivity index (χ3v) is 5.10. The van der Waals surface area contributed by atoms with Gasteiger partial charge in [0.25, 0.3) is 0 Å². The fourth-order valence-corrected chi connectivity index (χ4v) is 3.37. The average Bonchev–Trinajstić information content (AvgIpc) is 2.63. The lowest BCUT2D eigenvalue weighted by Gasteiger charge is -2.13. The molecule has 27 heavy (non-hydrogen) atoms. The lowest BCUT2D eigenvalue weighted by molar-refractivity contribution is 0.300. The van der Waals surface area contributed by atoms with Crippen molar-refractivity contribution in [2.24, 2.45) is 0 Å². The molecule has 0 unspecified atom stereocenters. The summed E-state index contributed by atoms with van der Waals surface area (Å²) in [5.74, 6) is -0.0212. The van der Waals surface area contributed by atoms with E-state index in [1.54, 1.807) is 42.5 Å². The van der Waals surface area contributed by atoms with Gasteiger partial charge >= 0.3 is 0 Å². The van der Waals surface area contributed by atoms with Gasteiger partial charge < -0.3 is 10.1 Å². The van der Waals surface area contributed by atoms with E-state index in [0.29, 0.717) is 37.9 Å². The molecule has 0 aliphatic rings. The molecule has 0 bridgehead atoms. The minimum Gasteiger partial charge on any atom is -0.486 e. The molecule has 7 heteroatoms. The van der Waals surface area contributed by atoms with Crippen LogP contribution < -0.4 is 10.1 Å². The zero-order valence-electron chi connectivity index (χ0n) is 13.9. The molecular weight excluding hydrogens is 431 g/mol. The highest BCUT2D eigenvalue weighted by Crippen LogP contribution is 2.35. The van der Waals surface area contributed by atoms with Crippen LogP contribution in [-0.2, 0) is 13.2 Å². The Morgan fingerprint density at radius 2 is 1.52 bits per heavy atom. The normalized spacial score (nSPS) is 10.7. The maximum absolute atomic E-state index is 13.7. The van der Waals surface area contributed by atoms with Gasteiger partial charge in [-0.1, -0.05) is 64.6 Å². The van der Waals surface area contributed by atoms with Crippen molar-refractivity contribution < 1.29 is 9.13 Å². The lowest BCUT2D eigenvalue weighted by atomic mass is 10.2. The van der Waals surface area contributed by atoms with Crippen LogP contribution in [0, 0.1) is 5.82 Å².